The molecule has 0 radical (unpaired) electrons. The maximum atomic E-state index is 11.8. The second-order valence-corrected chi connectivity index (χ2v) is 5.54. The number of hydrogen-bond donors (Lipinski definition) is 0. The fourth-order valence-electron chi connectivity index (χ4n) is 1.47. The van der Waals surface area contributed by atoms with E-state index < -0.39 is 11.7 Å². The summed E-state index contributed by atoms with van der Waals surface area (Å²) in [5.41, 5.74) is 0.315. The van der Waals surface area contributed by atoms with Crippen molar-refractivity contribution in [2.24, 2.45) is 0 Å². The fraction of sp³-hybridized carbons (Fsp3) is 0.545. The van der Waals surface area contributed by atoms with Crippen LogP contribution in [0.4, 0.5) is 4.79 Å². The zero-order chi connectivity index (χ0) is 12.3. The fourth-order valence-corrected chi connectivity index (χ4v) is 2.81. The maximum absolute atomic E-state index is 11.8. The Morgan fingerprint density at radius 2 is 2.38 bits per heavy atom. The molecular formula is C11H16ClNO2S. The first-order valence-corrected chi connectivity index (χ1v) is 6.38. The summed E-state index contributed by atoms with van der Waals surface area (Å²) in [6.07, 6.45) is 2.13. The highest BCUT2D eigenvalue weighted by Crippen LogP contribution is 2.39. The normalized spacial score (nSPS) is 22.2. The quantitative estimate of drug-likeness (QED) is 0.570. The monoisotopic (exact) mass is 261 g/mol. The van der Waals surface area contributed by atoms with Crippen LogP contribution in [0.2, 0.25) is 0 Å². The standard InChI is InChI=1S/C11H16ClNO2S/c1-5-6-10-13(7(2)8(3)16-10)11(14)15-9(4)12/h5,9-10H,1,6H2,2-4H3. The van der Waals surface area contributed by atoms with E-state index >= 15 is 0 Å². The minimum Gasteiger partial charge on any atom is -0.430 e. The van der Waals surface area contributed by atoms with Crippen molar-refractivity contribution in [2.45, 2.75) is 38.1 Å². The molecule has 16 heavy (non-hydrogen) atoms. The third-order valence-corrected chi connectivity index (χ3v) is 3.71. The lowest BCUT2D eigenvalue weighted by Crippen LogP contribution is -2.35. The zero-order valence-electron chi connectivity index (χ0n) is 9.70. The molecule has 2 atom stereocenters. The Morgan fingerprint density at radius 1 is 1.75 bits per heavy atom. The molecular weight excluding hydrogens is 246 g/mol. The molecule has 0 aromatic heterocycles. The van der Waals surface area contributed by atoms with Gasteiger partial charge < -0.3 is 4.74 Å². The van der Waals surface area contributed by atoms with E-state index in [1.807, 2.05) is 13.8 Å². The van der Waals surface area contributed by atoms with E-state index in [0.29, 0.717) is 0 Å². The summed E-state index contributed by atoms with van der Waals surface area (Å²) in [6, 6.07) is 0. The van der Waals surface area contributed by atoms with Gasteiger partial charge in [-0.15, -0.1) is 18.3 Å². The highest BCUT2D eigenvalue weighted by molar-refractivity contribution is 8.03. The van der Waals surface area contributed by atoms with Gasteiger partial charge >= 0.3 is 6.09 Å². The van der Waals surface area contributed by atoms with Gasteiger partial charge in [0.25, 0.3) is 0 Å². The van der Waals surface area contributed by atoms with Crippen molar-refractivity contribution in [1.29, 1.82) is 0 Å². The molecule has 2 unspecified atom stereocenters. The molecule has 1 amide bonds. The van der Waals surface area contributed by atoms with E-state index in [2.05, 4.69) is 6.58 Å². The van der Waals surface area contributed by atoms with Crippen LogP contribution in [0.3, 0.4) is 0 Å². The molecule has 0 aromatic rings. The molecule has 90 valence electrons. The van der Waals surface area contributed by atoms with Gasteiger partial charge in [0.2, 0.25) is 0 Å². The lowest BCUT2D eigenvalue weighted by Gasteiger charge is -2.24. The van der Waals surface area contributed by atoms with Crippen LogP contribution in [0.15, 0.2) is 23.3 Å². The Labute approximate surface area is 105 Å². The second kappa shape index (κ2) is 5.64. The average molecular weight is 262 g/mol. The molecule has 0 N–H and O–H groups in total. The maximum Gasteiger partial charge on any atom is 0.416 e. The summed E-state index contributed by atoms with van der Waals surface area (Å²) < 4.78 is 5.00. The summed E-state index contributed by atoms with van der Waals surface area (Å²) >= 11 is 7.30. The molecule has 0 aromatic carbocycles. The Bertz CT molecular complexity index is 328. The number of nitrogens with zero attached hydrogens (tertiary/aromatic N) is 1. The molecule has 0 saturated carbocycles. The van der Waals surface area contributed by atoms with Crippen molar-refractivity contribution in [2.75, 3.05) is 0 Å². The summed E-state index contributed by atoms with van der Waals surface area (Å²) in [5, 5.41) is 0.0421. The molecule has 0 aliphatic carbocycles. The zero-order valence-corrected chi connectivity index (χ0v) is 11.3. The topological polar surface area (TPSA) is 29.5 Å². The van der Waals surface area contributed by atoms with Gasteiger partial charge in [0.05, 0.1) is 5.37 Å². The highest BCUT2D eigenvalue weighted by Gasteiger charge is 2.33. The van der Waals surface area contributed by atoms with Crippen molar-refractivity contribution < 1.29 is 9.53 Å². The lowest BCUT2D eigenvalue weighted by atomic mass is 10.3. The number of rotatable bonds is 3. The summed E-state index contributed by atoms with van der Waals surface area (Å²) in [6.45, 7) is 9.22. The second-order valence-electron chi connectivity index (χ2n) is 3.54. The van der Waals surface area contributed by atoms with Crippen LogP contribution in [-0.4, -0.2) is 21.9 Å². The minimum absolute atomic E-state index is 0.0421. The van der Waals surface area contributed by atoms with E-state index in [4.69, 9.17) is 16.3 Å². The van der Waals surface area contributed by atoms with Gasteiger partial charge in [0.1, 0.15) is 0 Å². The number of ether oxygens (including phenoxy) is 1. The van der Waals surface area contributed by atoms with E-state index in [1.165, 1.54) is 0 Å². The molecule has 0 fully saturated rings. The van der Waals surface area contributed by atoms with E-state index in [9.17, 15) is 4.79 Å². The molecule has 1 aliphatic rings. The van der Waals surface area contributed by atoms with Gasteiger partial charge in [-0.25, -0.2) is 4.79 Å². The van der Waals surface area contributed by atoms with Crippen LogP contribution in [0.25, 0.3) is 0 Å². The molecule has 1 aliphatic heterocycles. The number of amides is 1. The molecule has 1 rings (SSSR count). The third kappa shape index (κ3) is 2.95. The first-order chi connectivity index (χ1) is 7.47. The van der Waals surface area contributed by atoms with Crippen molar-refractivity contribution in [1.82, 2.24) is 4.90 Å². The largest absolute Gasteiger partial charge is 0.430 e. The molecule has 0 spiro atoms. The van der Waals surface area contributed by atoms with E-state index in [-0.39, 0.29) is 5.37 Å². The van der Waals surface area contributed by atoms with Crippen molar-refractivity contribution in [3.8, 4) is 0 Å². The Morgan fingerprint density at radius 3 is 2.88 bits per heavy atom. The van der Waals surface area contributed by atoms with Gasteiger partial charge in [0, 0.05) is 10.6 Å². The lowest BCUT2D eigenvalue weighted by molar-refractivity contribution is 0.105. The first kappa shape index (κ1) is 13.5. The number of allylic oxidation sites excluding steroid dienone is 2. The predicted octanol–water partition coefficient (Wildman–Crippen LogP) is 3.91. The van der Waals surface area contributed by atoms with Gasteiger partial charge in [-0.3, -0.25) is 4.90 Å². The number of carbonyl (C=O) groups excluding carboxylic acids is 1. The van der Waals surface area contributed by atoms with Crippen LogP contribution in [0.5, 0.6) is 0 Å². The number of hydrogen-bond acceptors (Lipinski definition) is 3. The summed E-state index contributed by atoms with van der Waals surface area (Å²) in [7, 11) is 0. The number of halogens is 1. The van der Waals surface area contributed by atoms with Gasteiger partial charge in [0.15, 0.2) is 5.56 Å². The van der Waals surface area contributed by atoms with Crippen LogP contribution >= 0.6 is 23.4 Å². The summed E-state index contributed by atoms with van der Waals surface area (Å²) in [5.74, 6) is 0. The molecule has 0 bridgehead atoms. The highest BCUT2D eigenvalue weighted by atomic mass is 35.5. The SMILES string of the molecule is C=CCC1SC(C)=C(C)N1C(=O)OC(C)Cl. The third-order valence-electron chi connectivity index (χ3n) is 2.30. The van der Waals surface area contributed by atoms with Crippen molar-refractivity contribution >= 4 is 29.5 Å². The van der Waals surface area contributed by atoms with Gasteiger partial charge in [-0.2, -0.15) is 0 Å². The molecule has 5 heteroatoms. The number of alkyl halides is 1. The van der Waals surface area contributed by atoms with Gasteiger partial charge in [-0.1, -0.05) is 17.7 Å². The molecule has 1 heterocycles. The molecule has 3 nitrogen and oxygen atoms in total. The minimum atomic E-state index is -0.615. The van der Waals surface area contributed by atoms with Crippen LogP contribution in [0.1, 0.15) is 27.2 Å². The summed E-state index contributed by atoms with van der Waals surface area (Å²) in [4.78, 5) is 14.6. The van der Waals surface area contributed by atoms with Crippen LogP contribution < -0.4 is 0 Å². The van der Waals surface area contributed by atoms with Crippen LogP contribution in [0, 0.1) is 0 Å². The average Bonchev–Trinajstić information content (AvgIpc) is 2.42. The number of carbonyl (C=O) groups is 1. The van der Waals surface area contributed by atoms with Gasteiger partial charge in [-0.05, 0) is 27.2 Å². The predicted molar refractivity (Wildman–Crippen MR) is 68.2 cm³/mol. The van der Waals surface area contributed by atoms with Crippen LogP contribution in [-0.2, 0) is 4.74 Å². The Kier molecular flexibility index (Phi) is 4.74. The Hall–Kier alpha value is -0.610. The van der Waals surface area contributed by atoms with E-state index in [1.54, 1.807) is 29.7 Å². The van der Waals surface area contributed by atoms with E-state index in [0.717, 1.165) is 17.0 Å². The Balaban J connectivity index is 2.80. The number of thioether (sulfide) groups is 1. The smallest absolute Gasteiger partial charge is 0.416 e. The van der Waals surface area contributed by atoms with Crippen molar-refractivity contribution in [3.05, 3.63) is 23.3 Å². The van der Waals surface area contributed by atoms with Crippen molar-refractivity contribution in [3.63, 3.8) is 0 Å². The first-order valence-electron chi connectivity index (χ1n) is 5.06. The molecule has 0 saturated heterocycles.